The standard InChI is InChI=1S/C19H21N5O2S/c1-10(2)24-17-14(9-20-24)13(8-15(21-17)12-5-6-12)18(25)22-23-19(26)16-7-4-11(3)27-16/h4,7-10,12H,5-6H2,1-3H3,(H,22,25)(H,23,26). The summed E-state index contributed by atoms with van der Waals surface area (Å²) in [5.74, 6) is -0.290. The molecule has 0 aliphatic heterocycles. The highest BCUT2D eigenvalue weighted by molar-refractivity contribution is 7.13. The number of aryl methyl sites for hydroxylation is 1. The lowest BCUT2D eigenvalue weighted by Gasteiger charge is -2.11. The van der Waals surface area contributed by atoms with Gasteiger partial charge in [-0.2, -0.15) is 5.10 Å². The minimum Gasteiger partial charge on any atom is -0.267 e. The summed E-state index contributed by atoms with van der Waals surface area (Å²) in [6.45, 7) is 5.99. The highest BCUT2D eigenvalue weighted by atomic mass is 32.1. The highest BCUT2D eigenvalue weighted by Gasteiger charge is 2.28. The van der Waals surface area contributed by atoms with Crippen molar-refractivity contribution in [2.45, 2.75) is 45.6 Å². The van der Waals surface area contributed by atoms with Gasteiger partial charge < -0.3 is 0 Å². The van der Waals surface area contributed by atoms with Crippen LogP contribution in [0.5, 0.6) is 0 Å². The van der Waals surface area contributed by atoms with Crippen molar-refractivity contribution in [1.29, 1.82) is 0 Å². The Balaban J connectivity index is 1.61. The van der Waals surface area contributed by atoms with Gasteiger partial charge in [0.1, 0.15) is 0 Å². The molecule has 0 unspecified atom stereocenters. The Kier molecular flexibility index (Phi) is 4.43. The van der Waals surface area contributed by atoms with E-state index in [4.69, 9.17) is 4.98 Å². The zero-order valence-electron chi connectivity index (χ0n) is 15.4. The Morgan fingerprint density at radius 1 is 1.22 bits per heavy atom. The fourth-order valence-electron chi connectivity index (χ4n) is 2.99. The number of nitrogens with zero attached hydrogens (tertiary/aromatic N) is 3. The lowest BCUT2D eigenvalue weighted by atomic mass is 10.1. The molecule has 0 saturated heterocycles. The van der Waals surface area contributed by atoms with E-state index in [2.05, 4.69) is 16.0 Å². The SMILES string of the molecule is Cc1ccc(C(=O)NNC(=O)c2cc(C3CC3)nc3c2cnn3C(C)C)s1. The molecule has 0 bridgehead atoms. The molecule has 2 amide bonds. The molecular weight excluding hydrogens is 362 g/mol. The van der Waals surface area contributed by atoms with Gasteiger partial charge in [0.25, 0.3) is 11.8 Å². The number of hydrogen-bond acceptors (Lipinski definition) is 5. The van der Waals surface area contributed by atoms with Crippen LogP contribution in [0.1, 0.15) is 69.2 Å². The predicted octanol–water partition coefficient (Wildman–Crippen LogP) is 3.33. The van der Waals surface area contributed by atoms with Crippen molar-refractivity contribution in [2.75, 3.05) is 0 Å². The van der Waals surface area contributed by atoms with Gasteiger partial charge >= 0.3 is 0 Å². The van der Waals surface area contributed by atoms with Crippen molar-refractivity contribution in [2.24, 2.45) is 0 Å². The topological polar surface area (TPSA) is 88.9 Å². The van der Waals surface area contributed by atoms with Crippen molar-refractivity contribution in [1.82, 2.24) is 25.6 Å². The molecule has 3 aromatic heterocycles. The molecule has 0 aromatic carbocycles. The van der Waals surface area contributed by atoms with Crippen LogP contribution in [0.2, 0.25) is 0 Å². The maximum Gasteiger partial charge on any atom is 0.279 e. The molecule has 8 heteroatoms. The van der Waals surface area contributed by atoms with Crippen molar-refractivity contribution in [3.8, 4) is 0 Å². The second-order valence-corrected chi connectivity index (χ2v) is 8.40. The normalized spacial score (nSPS) is 13.9. The van der Waals surface area contributed by atoms with Gasteiger partial charge in [-0.25, -0.2) is 9.67 Å². The number of carbonyl (C=O) groups excluding carboxylic acids is 2. The lowest BCUT2D eigenvalue weighted by molar-refractivity contribution is 0.0849. The van der Waals surface area contributed by atoms with E-state index in [0.717, 1.165) is 23.4 Å². The van der Waals surface area contributed by atoms with Gasteiger partial charge in [0.2, 0.25) is 0 Å². The molecular formula is C19H21N5O2S. The van der Waals surface area contributed by atoms with Gasteiger partial charge in [0.15, 0.2) is 5.65 Å². The number of pyridine rings is 1. The van der Waals surface area contributed by atoms with Crippen LogP contribution >= 0.6 is 11.3 Å². The van der Waals surface area contributed by atoms with Crippen LogP contribution in [-0.2, 0) is 0 Å². The van der Waals surface area contributed by atoms with Crippen LogP contribution in [0.15, 0.2) is 24.4 Å². The van der Waals surface area contributed by atoms with E-state index in [-0.39, 0.29) is 17.9 Å². The first kappa shape index (κ1) is 17.7. The molecule has 1 aliphatic carbocycles. The zero-order chi connectivity index (χ0) is 19.1. The second-order valence-electron chi connectivity index (χ2n) is 7.11. The molecule has 3 aromatic rings. The quantitative estimate of drug-likeness (QED) is 0.676. The molecule has 27 heavy (non-hydrogen) atoms. The van der Waals surface area contributed by atoms with Crippen molar-refractivity contribution < 1.29 is 9.59 Å². The highest BCUT2D eigenvalue weighted by Crippen LogP contribution is 2.40. The average molecular weight is 383 g/mol. The maximum atomic E-state index is 12.8. The Labute approximate surface area is 160 Å². The summed E-state index contributed by atoms with van der Waals surface area (Å²) >= 11 is 1.38. The van der Waals surface area contributed by atoms with Crippen LogP contribution in [-0.4, -0.2) is 26.6 Å². The third-order valence-corrected chi connectivity index (χ3v) is 5.57. The van der Waals surface area contributed by atoms with Crippen LogP contribution in [0.3, 0.4) is 0 Å². The van der Waals surface area contributed by atoms with E-state index in [0.29, 0.717) is 27.4 Å². The minimum absolute atomic E-state index is 0.141. The van der Waals surface area contributed by atoms with Crippen molar-refractivity contribution in [3.63, 3.8) is 0 Å². The molecule has 3 heterocycles. The number of aromatic nitrogens is 3. The molecule has 1 saturated carbocycles. The summed E-state index contributed by atoms with van der Waals surface area (Å²) in [7, 11) is 0. The van der Waals surface area contributed by atoms with E-state index >= 15 is 0 Å². The monoisotopic (exact) mass is 383 g/mol. The van der Waals surface area contributed by atoms with Gasteiger partial charge in [-0.3, -0.25) is 20.4 Å². The van der Waals surface area contributed by atoms with Crippen LogP contribution < -0.4 is 10.9 Å². The fraction of sp³-hybridized carbons (Fsp3) is 0.368. The molecule has 0 atom stereocenters. The molecule has 0 spiro atoms. The number of thiophene rings is 1. The summed E-state index contributed by atoms with van der Waals surface area (Å²) in [6.07, 6.45) is 3.84. The number of amides is 2. The molecule has 2 N–H and O–H groups in total. The summed E-state index contributed by atoms with van der Waals surface area (Å²) < 4.78 is 1.82. The predicted molar refractivity (Wildman–Crippen MR) is 104 cm³/mol. The van der Waals surface area contributed by atoms with Crippen LogP contribution in [0, 0.1) is 6.92 Å². The third-order valence-electron chi connectivity index (χ3n) is 4.57. The van der Waals surface area contributed by atoms with E-state index in [1.54, 1.807) is 12.3 Å². The molecule has 0 radical (unpaired) electrons. The Bertz CT molecular complexity index is 1030. The fourth-order valence-corrected chi connectivity index (χ4v) is 3.75. The van der Waals surface area contributed by atoms with E-state index < -0.39 is 0 Å². The van der Waals surface area contributed by atoms with Crippen LogP contribution in [0.25, 0.3) is 11.0 Å². The Morgan fingerprint density at radius 3 is 2.59 bits per heavy atom. The number of carbonyl (C=O) groups is 2. The van der Waals surface area contributed by atoms with Gasteiger partial charge in [-0.05, 0) is 51.8 Å². The molecule has 140 valence electrons. The summed E-state index contributed by atoms with van der Waals surface area (Å²) in [6, 6.07) is 5.57. The largest absolute Gasteiger partial charge is 0.279 e. The van der Waals surface area contributed by atoms with Gasteiger partial charge in [0.05, 0.1) is 22.0 Å². The molecule has 7 nitrogen and oxygen atoms in total. The number of fused-ring (bicyclic) bond motifs is 1. The van der Waals surface area contributed by atoms with Crippen molar-refractivity contribution in [3.05, 3.63) is 45.4 Å². The first-order valence-electron chi connectivity index (χ1n) is 8.99. The summed E-state index contributed by atoms with van der Waals surface area (Å²) in [4.78, 5) is 31.3. The molecule has 1 fully saturated rings. The second kappa shape index (κ2) is 6.77. The van der Waals surface area contributed by atoms with Gasteiger partial charge in [-0.15, -0.1) is 11.3 Å². The summed E-state index contributed by atoms with van der Waals surface area (Å²) in [5, 5.41) is 5.08. The number of rotatable bonds is 4. The number of nitrogens with one attached hydrogen (secondary N) is 2. The number of hydrogen-bond donors (Lipinski definition) is 2. The zero-order valence-corrected chi connectivity index (χ0v) is 16.3. The first-order chi connectivity index (χ1) is 12.9. The minimum atomic E-state index is -0.366. The molecule has 4 rings (SSSR count). The summed E-state index contributed by atoms with van der Waals surface area (Å²) in [5.41, 5.74) is 7.12. The number of hydrazine groups is 1. The Morgan fingerprint density at radius 2 is 1.96 bits per heavy atom. The smallest absolute Gasteiger partial charge is 0.267 e. The Hall–Kier alpha value is -2.74. The van der Waals surface area contributed by atoms with E-state index in [1.165, 1.54) is 11.3 Å². The van der Waals surface area contributed by atoms with Gasteiger partial charge in [0, 0.05) is 22.5 Å². The van der Waals surface area contributed by atoms with Crippen LogP contribution in [0.4, 0.5) is 0 Å². The van der Waals surface area contributed by atoms with Gasteiger partial charge in [-0.1, -0.05) is 0 Å². The van der Waals surface area contributed by atoms with Crippen molar-refractivity contribution >= 4 is 34.2 Å². The lowest BCUT2D eigenvalue weighted by Crippen LogP contribution is -2.41. The first-order valence-corrected chi connectivity index (χ1v) is 9.81. The van der Waals surface area contributed by atoms with E-state index in [1.807, 2.05) is 37.6 Å². The molecule has 1 aliphatic rings. The average Bonchev–Trinajstić information content (AvgIpc) is 3.26. The third kappa shape index (κ3) is 3.44. The maximum absolute atomic E-state index is 12.8. The van der Waals surface area contributed by atoms with E-state index in [9.17, 15) is 9.59 Å².